The van der Waals surface area contributed by atoms with Crippen LogP contribution in [0.5, 0.6) is 0 Å². The molecule has 0 saturated heterocycles. The number of carbonyl (C=O) groups is 1. The van der Waals surface area contributed by atoms with E-state index in [4.69, 9.17) is 9.15 Å². The van der Waals surface area contributed by atoms with Crippen LogP contribution in [0.1, 0.15) is 16.6 Å². The molecule has 0 fully saturated rings. The summed E-state index contributed by atoms with van der Waals surface area (Å²) in [6.07, 6.45) is 3.14. The SMILES string of the molecule is COC(=O)[C@H](Sc1nncn1Cc1ccco1)c1ccc(F)cc1. The van der Waals surface area contributed by atoms with E-state index in [-0.39, 0.29) is 5.82 Å². The highest BCUT2D eigenvalue weighted by Crippen LogP contribution is 2.35. The van der Waals surface area contributed by atoms with E-state index < -0.39 is 11.2 Å². The number of hydrogen-bond donors (Lipinski definition) is 0. The minimum atomic E-state index is -0.671. The predicted octanol–water partition coefficient (Wildman–Crippen LogP) is 3.06. The molecule has 124 valence electrons. The van der Waals surface area contributed by atoms with Crippen molar-refractivity contribution >= 4 is 17.7 Å². The Kier molecular flexibility index (Phi) is 4.95. The van der Waals surface area contributed by atoms with Crippen LogP contribution >= 0.6 is 11.8 Å². The van der Waals surface area contributed by atoms with Crippen molar-refractivity contribution in [3.05, 3.63) is 66.1 Å². The summed E-state index contributed by atoms with van der Waals surface area (Å²) in [5.74, 6) is -0.0689. The normalized spacial score (nSPS) is 12.1. The van der Waals surface area contributed by atoms with Gasteiger partial charge in [-0.15, -0.1) is 10.2 Å². The average Bonchev–Trinajstić information content (AvgIpc) is 3.25. The number of carbonyl (C=O) groups excluding carboxylic acids is 1. The van der Waals surface area contributed by atoms with Crippen LogP contribution < -0.4 is 0 Å². The summed E-state index contributed by atoms with van der Waals surface area (Å²) < 4.78 is 25.1. The second kappa shape index (κ2) is 7.31. The van der Waals surface area contributed by atoms with E-state index in [1.807, 2.05) is 6.07 Å². The van der Waals surface area contributed by atoms with Crippen LogP contribution in [-0.2, 0) is 16.1 Å². The largest absolute Gasteiger partial charge is 0.468 e. The number of rotatable bonds is 6. The summed E-state index contributed by atoms with van der Waals surface area (Å²) in [6.45, 7) is 0.444. The van der Waals surface area contributed by atoms with Gasteiger partial charge in [0, 0.05) is 0 Å². The lowest BCUT2D eigenvalue weighted by molar-refractivity contribution is -0.140. The molecule has 0 aliphatic carbocycles. The number of nitrogens with zero attached hydrogens (tertiary/aromatic N) is 3. The van der Waals surface area contributed by atoms with Gasteiger partial charge in [-0.05, 0) is 29.8 Å². The zero-order chi connectivity index (χ0) is 16.9. The number of ether oxygens (including phenoxy) is 1. The Bertz CT molecular complexity index is 802. The fourth-order valence-corrected chi connectivity index (χ4v) is 3.15. The molecule has 8 heteroatoms. The predicted molar refractivity (Wildman–Crippen MR) is 84.8 cm³/mol. The number of methoxy groups -OCH3 is 1. The Labute approximate surface area is 141 Å². The van der Waals surface area contributed by atoms with Crippen molar-refractivity contribution in [2.45, 2.75) is 17.0 Å². The van der Waals surface area contributed by atoms with Crippen molar-refractivity contribution in [1.82, 2.24) is 14.8 Å². The van der Waals surface area contributed by atoms with E-state index in [0.29, 0.717) is 17.3 Å². The second-order valence-electron chi connectivity index (χ2n) is 4.89. The van der Waals surface area contributed by atoms with E-state index in [2.05, 4.69) is 10.2 Å². The van der Waals surface area contributed by atoms with Gasteiger partial charge in [-0.2, -0.15) is 0 Å². The summed E-state index contributed by atoms with van der Waals surface area (Å²) in [7, 11) is 1.31. The van der Waals surface area contributed by atoms with Crippen molar-refractivity contribution in [2.75, 3.05) is 7.11 Å². The third-order valence-electron chi connectivity index (χ3n) is 3.30. The highest BCUT2D eigenvalue weighted by atomic mass is 32.2. The van der Waals surface area contributed by atoms with Crippen molar-refractivity contribution in [3.8, 4) is 0 Å². The zero-order valence-corrected chi connectivity index (χ0v) is 13.6. The average molecular weight is 347 g/mol. The van der Waals surface area contributed by atoms with Gasteiger partial charge >= 0.3 is 5.97 Å². The quantitative estimate of drug-likeness (QED) is 0.504. The molecule has 1 atom stereocenters. The molecule has 0 bridgehead atoms. The van der Waals surface area contributed by atoms with Crippen molar-refractivity contribution in [1.29, 1.82) is 0 Å². The monoisotopic (exact) mass is 347 g/mol. The van der Waals surface area contributed by atoms with Crippen molar-refractivity contribution in [2.24, 2.45) is 0 Å². The zero-order valence-electron chi connectivity index (χ0n) is 12.8. The van der Waals surface area contributed by atoms with E-state index in [1.165, 1.54) is 31.0 Å². The first-order valence-electron chi connectivity index (χ1n) is 7.07. The number of thioether (sulfide) groups is 1. The van der Waals surface area contributed by atoms with Crippen LogP contribution in [0, 0.1) is 5.82 Å². The molecule has 6 nitrogen and oxygen atoms in total. The van der Waals surface area contributed by atoms with Crippen LogP contribution in [0.3, 0.4) is 0 Å². The summed E-state index contributed by atoms with van der Waals surface area (Å²) in [5, 5.41) is 7.80. The highest BCUT2D eigenvalue weighted by Gasteiger charge is 2.25. The first-order valence-corrected chi connectivity index (χ1v) is 7.95. The topological polar surface area (TPSA) is 70.2 Å². The van der Waals surface area contributed by atoms with Gasteiger partial charge in [-0.3, -0.25) is 4.79 Å². The second-order valence-corrected chi connectivity index (χ2v) is 5.97. The molecule has 2 aromatic heterocycles. The molecule has 2 heterocycles. The molecule has 0 radical (unpaired) electrons. The molecule has 0 saturated carbocycles. The number of esters is 1. The molecule has 0 aliphatic rings. The molecule has 3 rings (SSSR count). The maximum Gasteiger partial charge on any atom is 0.323 e. The Balaban J connectivity index is 1.84. The van der Waals surface area contributed by atoms with Crippen molar-refractivity contribution < 1.29 is 18.3 Å². The van der Waals surface area contributed by atoms with Crippen LogP contribution in [0.4, 0.5) is 4.39 Å². The Hall–Kier alpha value is -2.61. The molecule has 0 spiro atoms. The van der Waals surface area contributed by atoms with E-state index >= 15 is 0 Å². The standard InChI is InChI=1S/C16H14FN3O3S/c1-22-15(21)14(11-4-6-12(17)7-5-11)24-16-19-18-10-20(16)9-13-3-2-8-23-13/h2-8,10,14H,9H2,1H3/t14-/m1/s1. The number of aromatic nitrogens is 3. The Morgan fingerprint density at radius 1 is 1.38 bits per heavy atom. The van der Waals surface area contributed by atoms with Gasteiger partial charge in [0.2, 0.25) is 0 Å². The van der Waals surface area contributed by atoms with E-state index in [9.17, 15) is 9.18 Å². The van der Waals surface area contributed by atoms with Gasteiger partial charge < -0.3 is 13.7 Å². The Morgan fingerprint density at radius 2 is 2.17 bits per heavy atom. The molecule has 0 aliphatic heterocycles. The van der Waals surface area contributed by atoms with E-state index in [0.717, 1.165) is 5.76 Å². The Morgan fingerprint density at radius 3 is 2.83 bits per heavy atom. The number of benzene rings is 1. The minimum absolute atomic E-state index is 0.367. The molecule has 3 aromatic rings. The molecular weight excluding hydrogens is 333 g/mol. The fraction of sp³-hybridized carbons (Fsp3) is 0.188. The van der Waals surface area contributed by atoms with E-state index in [1.54, 1.807) is 35.4 Å². The smallest absolute Gasteiger partial charge is 0.323 e. The summed E-state index contributed by atoms with van der Waals surface area (Å²) >= 11 is 1.19. The highest BCUT2D eigenvalue weighted by molar-refractivity contribution is 8.00. The van der Waals surface area contributed by atoms with Crippen LogP contribution in [0.15, 0.2) is 58.6 Å². The minimum Gasteiger partial charge on any atom is -0.468 e. The van der Waals surface area contributed by atoms with Crippen LogP contribution in [-0.4, -0.2) is 27.8 Å². The van der Waals surface area contributed by atoms with Crippen LogP contribution in [0.25, 0.3) is 0 Å². The van der Waals surface area contributed by atoms with Crippen LogP contribution in [0.2, 0.25) is 0 Å². The summed E-state index contributed by atoms with van der Waals surface area (Å²) in [5.41, 5.74) is 0.626. The number of hydrogen-bond acceptors (Lipinski definition) is 6. The van der Waals surface area contributed by atoms with Crippen molar-refractivity contribution in [3.63, 3.8) is 0 Å². The van der Waals surface area contributed by atoms with Gasteiger partial charge in [-0.1, -0.05) is 23.9 Å². The molecule has 0 N–H and O–H groups in total. The maximum absolute atomic E-state index is 13.1. The number of furan rings is 1. The van der Waals surface area contributed by atoms with Gasteiger partial charge in [-0.25, -0.2) is 4.39 Å². The van der Waals surface area contributed by atoms with Gasteiger partial charge in [0.05, 0.1) is 19.9 Å². The lowest BCUT2D eigenvalue weighted by Gasteiger charge is -2.14. The van der Waals surface area contributed by atoms with Gasteiger partial charge in [0.1, 0.15) is 23.2 Å². The molecule has 0 amide bonds. The first kappa shape index (κ1) is 16.3. The third-order valence-corrected chi connectivity index (χ3v) is 4.52. The summed E-state index contributed by atoms with van der Waals surface area (Å²) in [6, 6.07) is 9.35. The first-order chi connectivity index (χ1) is 11.7. The molecule has 24 heavy (non-hydrogen) atoms. The molecule has 0 unspecified atom stereocenters. The molecular formula is C16H14FN3O3S. The fourth-order valence-electron chi connectivity index (χ4n) is 2.12. The maximum atomic E-state index is 13.1. The van der Waals surface area contributed by atoms with Gasteiger partial charge in [0.15, 0.2) is 5.16 Å². The number of halogens is 1. The summed E-state index contributed by atoms with van der Waals surface area (Å²) in [4.78, 5) is 12.1. The molecule has 1 aromatic carbocycles. The van der Waals surface area contributed by atoms with Gasteiger partial charge in [0.25, 0.3) is 0 Å². The third kappa shape index (κ3) is 3.65. The lowest BCUT2D eigenvalue weighted by atomic mass is 10.1. The lowest BCUT2D eigenvalue weighted by Crippen LogP contribution is -2.12.